The van der Waals surface area contributed by atoms with Gasteiger partial charge in [-0.25, -0.2) is 0 Å². The van der Waals surface area contributed by atoms with E-state index in [1.54, 1.807) is 30.3 Å². The molecule has 178 valence electrons. The molecule has 2 aromatic carbocycles. The Labute approximate surface area is 206 Å². The van der Waals surface area contributed by atoms with Crippen LogP contribution in [0.4, 0.5) is 5.69 Å². The minimum absolute atomic E-state index is 0.118. The van der Waals surface area contributed by atoms with Gasteiger partial charge in [0.15, 0.2) is 5.17 Å². The van der Waals surface area contributed by atoms with Crippen molar-refractivity contribution < 1.29 is 13.2 Å². The second kappa shape index (κ2) is 9.07. The number of hydrogen-bond donors (Lipinski definition) is 0. The number of carbonyl (C=O) groups is 1. The van der Waals surface area contributed by atoms with Gasteiger partial charge in [-0.05, 0) is 66.6 Å². The molecule has 2 aliphatic heterocycles. The molecule has 0 N–H and O–H groups in total. The molecular formula is C26H29N3O3S2. The van der Waals surface area contributed by atoms with E-state index in [9.17, 15) is 13.2 Å². The summed E-state index contributed by atoms with van der Waals surface area (Å²) in [6.07, 6.45) is 4.55. The molecule has 0 saturated carbocycles. The van der Waals surface area contributed by atoms with E-state index in [1.807, 2.05) is 39.1 Å². The summed E-state index contributed by atoms with van der Waals surface area (Å²) in [4.78, 5) is 17.1. The second-order valence-corrected chi connectivity index (χ2v) is 11.4. The summed E-state index contributed by atoms with van der Waals surface area (Å²) in [7, 11) is -1.91. The Bertz CT molecular complexity index is 1320. The predicted octanol–water partition coefficient (Wildman–Crippen LogP) is 5.08. The molecule has 0 unspecified atom stereocenters. The van der Waals surface area contributed by atoms with E-state index in [-0.39, 0.29) is 21.4 Å². The average molecular weight is 496 g/mol. The standard InChI is InChI=1S/C26H29N3O3S2/c1-6-18-12-14-19(15-13-18)34(31,32)27-25-29(7-2)24(30)22(33-25)16-17-23-26(3,4)20-10-8-9-11-21(20)28(23)5/h8-17H,6-7H2,1-5H3/b22-16+,23-17-,27-25-. The van der Waals surface area contributed by atoms with E-state index in [4.69, 9.17) is 0 Å². The zero-order chi connectivity index (χ0) is 24.7. The van der Waals surface area contributed by atoms with Crippen molar-refractivity contribution in [2.45, 2.75) is 44.4 Å². The summed E-state index contributed by atoms with van der Waals surface area (Å²) in [6, 6.07) is 14.9. The third-order valence-electron chi connectivity index (χ3n) is 6.37. The van der Waals surface area contributed by atoms with Crippen molar-refractivity contribution in [1.29, 1.82) is 0 Å². The number of anilines is 1. The topological polar surface area (TPSA) is 70.0 Å². The number of sulfonamides is 1. The minimum Gasteiger partial charge on any atom is -0.347 e. The third-order valence-corrected chi connectivity index (χ3v) is 8.79. The summed E-state index contributed by atoms with van der Waals surface area (Å²) in [5, 5.41) is 0.180. The van der Waals surface area contributed by atoms with Gasteiger partial charge in [0, 0.05) is 30.4 Å². The van der Waals surface area contributed by atoms with Crippen molar-refractivity contribution in [3.63, 3.8) is 0 Å². The molecule has 0 bridgehead atoms. The molecule has 1 saturated heterocycles. The summed E-state index contributed by atoms with van der Waals surface area (Å²) < 4.78 is 29.8. The lowest BCUT2D eigenvalue weighted by Gasteiger charge is -2.23. The summed E-state index contributed by atoms with van der Waals surface area (Å²) in [6.45, 7) is 8.47. The number of nitrogens with zero attached hydrogens (tertiary/aromatic N) is 3. The van der Waals surface area contributed by atoms with Gasteiger partial charge >= 0.3 is 0 Å². The van der Waals surface area contributed by atoms with Crippen molar-refractivity contribution in [3.05, 3.63) is 82.4 Å². The second-order valence-electron chi connectivity index (χ2n) is 8.78. The normalized spacial score (nSPS) is 21.2. The highest BCUT2D eigenvalue weighted by Gasteiger charge is 2.38. The first-order chi connectivity index (χ1) is 16.1. The number of allylic oxidation sites excluding steroid dienone is 3. The van der Waals surface area contributed by atoms with Crippen LogP contribution in [0.5, 0.6) is 0 Å². The predicted molar refractivity (Wildman–Crippen MR) is 139 cm³/mol. The van der Waals surface area contributed by atoms with Gasteiger partial charge in [0.25, 0.3) is 15.9 Å². The highest BCUT2D eigenvalue weighted by Crippen LogP contribution is 2.46. The lowest BCUT2D eigenvalue weighted by atomic mass is 9.84. The highest BCUT2D eigenvalue weighted by molar-refractivity contribution is 8.19. The maximum Gasteiger partial charge on any atom is 0.284 e. The molecule has 0 radical (unpaired) electrons. The van der Waals surface area contributed by atoms with Crippen molar-refractivity contribution >= 4 is 38.5 Å². The quantitative estimate of drug-likeness (QED) is 0.541. The number of hydrogen-bond acceptors (Lipinski definition) is 5. The molecule has 0 spiro atoms. The number of likely N-dealkylation sites (N-methyl/N-ethyl adjacent to an activating group) is 2. The fraction of sp³-hybridized carbons (Fsp3) is 0.308. The van der Waals surface area contributed by atoms with Crippen LogP contribution in [0.15, 0.2) is 80.6 Å². The zero-order valence-electron chi connectivity index (χ0n) is 20.1. The Morgan fingerprint density at radius 1 is 1.03 bits per heavy atom. The minimum atomic E-state index is -3.93. The van der Waals surface area contributed by atoms with E-state index in [0.717, 1.165) is 35.1 Å². The number of rotatable bonds is 5. The first-order valence-corrected chi connectivity index (χ1v) is 13.5. The van der Waals surface area contributed by atoms with Crippen molar-refractivity contribution in [2.24, 2.45) is 4.40 Å². The molecule has 6 nitrogen and oxygen atoms in total. The van der Waals surface area contributed by atoms with E-state index in [1.165, 1.54) is 10.5 Å². The molecule has 4 rings (SSSR count). The van der Waals surface area contributed by atoms with E-state index < -0.39 is 10.0 Å². The first kappa shape index (κ1) is 24.3. The Hall–Kier alpha value is -2.84. The molecule has 0 atom stereocenters. The molecule has 2 aliphatic rings. The number of benzene rings is 2. The Morgan fingerprint density at radius 2 is 1.71 bits per heavy atom. The van der Waals surface area contributed by atoms with Gasteiger partial charge in [0.05, 0.1) is 9.80 Å². The SMILES string of the molecule is CCc1ccc(S(=O)(=O)/N=C2\S/C(=C/C=C3\N(C)c4ccccc4C3(C)C)C(=O)N2CC)cc1. The molecule has 2 aromatic rings. The maximum absolute atomic E-state index is 13.0. The number of fused-ring (bicyclic) bond motifs is 1. The van der Waals surface area contributed by atoms with E-state index in [2.05, 4.69) is 35.3 Å². The van der Waals surface area contributed by atoms with Gasteiger partial charge in [-0.3, -0.25) is 9.69 Å². The fourth-order valence-corrected chi connectivity index (χ4v) is 6.56. The molecule has 0 aliphatic carbocycles. The number of thioether (sulfide) groups is 1. The fourth-order valence-electron chi connectivity index (χ4n) is 4.38. The van der Waals surface area contributed by atoms with Crippen LogP contribution in [-0.4, -0.2) is 38.0 Å². The summed E-state index contributed by atoms with van der Waals surface area (Å²) in [5.41, 5.74) is 4.26. The Morgan fingerprint density at radius 3 is 2.32 bits per heavy atom. The number of aryl methyl sites for hydroxylation is 1. The molecule has 0 aromatic heterocycles. The molecule has 2 heterocycles. The molecule has 8 heteroatoms. The Kier molecular flexibility index (Phi) is 6.48. The van der Waals surface area contributed by atoms with Crippen LogP contribution in [0, 0.1) is 0 Å². The van der Waals surface area contributed by atoms with Gasteiger partial charge in [0.1, 0.15) is 0 Å². The average Bonchev–Trinajstić information content (AvgIpc) is 3.21. The van der Waals surface area contributed by atoms with Crippen LogP contribution < -0.4 is 4.90 Å². The summed E-state index contributed by atoms with van der Waals surface area (Å²) >= 11 is 1.09. The van der Waals surface area contributed by atoms with Crippen LogP contribution in [0.25, 0.3) is 0 Å². The van der Waals surface area contributed by atoms with Crippen molar-refractivity contribution in [1.82, 2.24) is 4.90 Å². The van der Waals surface area contributed by atoms with E-state index >= 15 is 0 Å². The lowest BCUT2D eigenvalue weighted by molar-refractivity contribution is -0.122. The van der Waals surface area contributed by atoms with Crippen LogP contribution in [-0.2, 0) is 26.7 Å². The number of para-hydroxylation sites is 1. The number of carbonyl (C=O) groups excluding carboxylic acids is 1. The molecule has 1 amide bonds. The van der Waals surface area contributed by atoms with Crippen molar-refractivity contribution in [2.75, 3.05) is 18.5 Å². The van der Waals surface area contributed by atoms with Crippen molar-refractivity contribution in [3.8, 4) is 0 Å². The number of amides is 1. The van der Waals surface area contributed by atoms with Gasteiger partial charge in [-0.2, -0.15) is 8.42 Å². The summed E-state index contributed by atoms with van der Waals surface area (Å²) in [5.74, 6) is -0.240. The van der Waals surface area contributed by atoms with Gasteiger partial charge < -0.3 is 4.90 Å². The lowest BCUT2D eigenvalue weighted by Crippen LogP contribution is -2.29. The van der Waals surface area contributed by atoms with Gasteiger partial charge in [0.2, 0.25) is 0 Å². The van der Waals surface area contributed by atoms with Crippen LogP contribution in [0.1, 0.15) is 38.8 Å². The molecule has 34 heavy (non-hydrogen) atoms. The van der Waals surface area contributed by atoms with Crippen LogP contribution in [0.3, 0.4) is 0 Å². The first-order valence-electron chi connectivity index (χ1n) is 11.3. The zero-order valence-corrected chi connectivity index (χ0v) is 21.7. The molecular weight excluding hydrogens is 466 g/mol. The smallest absolute Gasteiger partial charge is 0.284 e. The molecule has 1 fully saturated rings. The number of amidine groups is 1. The van der Waals surface area contributed by atoms with Gasteiger partial charge in [-0.15, -0.1) is 4.40 Å². The van der Waals surface area contributed by atoms with Crippen LogP contribution >= 0.6 is 11.8 Å². The van der Waals surface area contributed by atoms with Gasteiger partial charge in [-0.1, -0.05) is 51.1 Å². The third kappa shape index (κ3) is 4.20. The highest BCUT2D eigenvalue weighted by atomic mass is 32.2. The Balaban J connectivity index is 1.66. The maximum atomic E-state index is 13.0. The largest absolute Gasteiger partial charge is 0.347 e. The monoisotopic (exact) mass is 495 g/mol. The van der Waals surface area contributed by atoms with E-state index in [0.29, 0.717) is 11.4 Å². The van der Waals surface area contributed by atoms with Crippen LogP contribution in [0.2, 0.25) is 0 Å².